The number of carbonyl (C=O) groups is 2. The van der Waals surface area contributed by atoms with Crippen LogP contribution in [0.4, 0.5) is 4.39 Å². The smallest absolute Gasteiger partial charge is 0.256 e. The number of ketones is 1. The van der Waals surface area contributed by atoms with Crippen molar-refractivity contribution < 1.29 is 28.2 Å². The molecule has 1 aromatic carbocycles. The molecule has 4 heterocycles. The molecule has 2 N–H and O–H groups in total. The number of rotatable bonds is 8. The van der Waals surface area contributed by atoms with Crippen LogP contribution in [-0.2, 0) is 19.1 Å². The van der Waals surface area contributed by atoms with Gasteiger partial charge in [0, 0.05) is 62.4 Å². The summed E-state index contributed by atoms with van der Waals surface area (Å²) >= 11 is 0. The van der Waals surface area contributed by atoms with Crippen LogP contribution in [0.3, 0.4) is 0 Å². The van der Waals surface area contributed by atoms with Crippen LogP contribution >= 0.6 is 0 Å². The summed E-state index contributed by atoms with van der Waals surface area (Å²) in [6, 6.07) is 7.35. The maximum absolute atomic E-state index is 16.2. The molecule has 0 radical (unpaired) electrons. The third-order valence-corrected chi connectivity index (χ3v) is 9.57. The van der Waals surface area contributed by atoms with Gasteiger partial charge in [0.1, 0.15) is 34.8 Å². The Labute approximate surface area is 261 Å². The minimum atomic E-state index is -0.669. The molecule has 1 amide bonds. The van der Waals surface area contributed by atoms with Gasteiger partial charge in [-0.05, 0) is 55.5 Å². The molecule has 45 heavy (non-hydrogen) atoms. The fraction of sp³-hybridized carbons (Fsp3) is 0.429. The molecule has 1 saturated heterocycles. The summed E-state index contributed by atoms with van der Waals surface area (Å²) in [7, 11) is 0. The van der Waals surface area contributed by atoms with Gasteiger partial charge >= 0.3 is 0 Å². The number of amides is 1. The number of para-hydroxylation sites is 1. The Kier molecular flexibility index (Phi) is 7.34. The number of hydrogen-bond donors (Lipinski definition) is 2. The molecule has 3 aliphatic carbocycles. The van der Waals surface area contributed by atoms with Gasteiger partial charge in [-0.15, -0.1) is 0 Å². The number of fused-ring (bicyclic) bond motifs is 6. The van der Waals surface area contributed by atoms with Gasteiger partial charge in [0.2, 0.25) is 0 Å². The Morgan fingerprint density at radius 3 is 2.78 bits per heavy atom. The average molecular weight is 613 g/mol. The lowest BCUT2D eigenvalue weighted by atomic mass is 9.89. The van der Waals surface area contributed by atoms with Gasteiger partial charge in [0.25, 0.3) is 5.91 Å². The molecule has 9 nitrogen and oxygen atoms in total. The summed E-state index contributed by atoms with van der Waals surface area (Å²) in [5, 5.41) is 6.28. The molecule has 234 valence electrons. The Bertz CT molecular complexity index is 1630. The number of benzene rings is 1. The van der Waals surface area contributed by atoms with E-state index in [1.165, 1.54) is 6.08 Å². The third-order valence-electron chi connectivity index (χ3n) is 9.57. The highest BCUT2D eigenvalue weighted by molar-refractivity contribution is 6.26. The minimum absolute atomic E-state index is 0.000599. The second kappa shape index (κ2) is 11.7. The lowest BCUT2D eigenvalue weighted by Crippen LogP contribution is -2.43. The highest BCUT2D eigenvalue weighted by Gasteiger charge is 2.45. The van der Waals surface area contributed by atoms with Gasteiger partial charge in [-0.25, -0.2) is 4.39 Å². The third kappa shape index (κ3) is 5.50. The lowest BCUT2D eigenvalue weighted by molar-refractivity contribution is -0.122. The number of carbonyl (C=O) groups excluding carboxylic acids is 2. The van der Waals surface area contributed by atoms with E-state index in [9.17, 15) is 9.59 Å². The Morgan fingerprint density at radius 1 is 1.09 bits per heavy atom. The van der Waals surface area contributed by atoms with E-state index in [-0.39, 0.29) is 11.1 Å². The Balaban J connectivity index is 1.17. The van der Waals surface area contributed by atoms with Crippen LogP contribution in [0, 0.1) is 5.92 Å². The highest BCUT2D eigenvalue weighted by atomic mass is 19.1. The molecule has 7 aliphatic rings. The van der Waals surface area contributed by atoms with Crippen LogP contribution in [0.15, 0.2) is 88.6 Å². The first-order chi connectivity index (χ1) is 22.0. The first-order valence-corrected chi connectivity index (χ1v) is 16.1. The summed E-state index contributed by atoms with van der Waals surface area (Å²) in [4.78, 5) is 31.5. The number of hydrogen-bond acceptors (Lipinski definition) is 8. The summed E-state index contributed by atoms with van der Waals surface area (Å²) in [6.45, 7) is 5.21. The zero-order chi connectivity index (χ0) is 30.5. The van der Waals surface area contributed by atoms with E-state index in [2.05, 4.69) is 15.5 Å². The van der Waals surface area contributed by atoms with Crippen LogP contribution in [0.5, 0.6) is 5.75 Å². The van der Waals surface area contributed by atoms with Crippen molar-refractivity contribution in [1.82, 2.24) is 20.4 Å². The monoisotopic (exact) mass is 612 g/mol. The highest BCUT2D eigenvalue weighted by Crippen LogP contribution is 2.45. The molecule has 10 heteroatoms. The molecule has 0 spiro atoms. The van der Waals surface area contributed by atoms with Crippen LogP contribution in [0.2, 0.25) is 0 Å². The van der Waals surface area contributed by atoms with Crippen LogP contribution in [0.1, 0.15) is 37.7 Å². The van der Waals surface area contributed by atoms with E-state index in [4.69, 9.17) is 14.2 Å². The molecule has 2 atom stereocenters. The molecule has 8 rings (SSSR count). The molecule has 4 aliphatic heterocycles. The molecule has 1 saturated carbocycles. The molecule has 0 aromatic heterocycles. The average Bonchev–Trinajstić information content (AvgIpc) is 3.91. The number of nitrogens with one attached hydrogen (secondary N) is 2. The summed E-state index contributed by atoms with van der Waals surface area (Å²) in [5.74, 6) is 1.08. The summed E-state index contributed by atoms with van der Waals surface area (Å²) < 4.78 is 34.7. The Morgan fingerprint density at radius 2 is 1.93 bits per heavy atom. The first-order valence-electron chi connectivity index (χ1n) is 16.1. The maximum Gasteiger partial charge on any atom is 0.256 e. The summed E-state index contributed by atoms with van der Waals surface area (Å²) in [6.07, 6.45) is 10.1. The second-order valence-corrected chi connectivity index (χ2v) is 12.7. The van der Waals surface area contributed by atoms with Crippen molar-refractivity contribution >= 4 is 17.3 Å². The Hall–Kier alpha value is -4.15. The van der Waals surface area contributed by atoms with Crippen molar-refractivity contribution in [2.45, 2.75) is 44.2 Å². The number of Topliss-reactive ketones (excluding diaryl/α,β-unsaturated/α-hetero) is 1. The number of allylic oxidation sites excluding steroid dienone is 5. The van der Waals surface area contributed by atoms with Crippen molar-refractivity contribution in [3.63, 3.8) is 0 Å². The largest absolute Gasteiger partial charge is 0.482 e. The van der Waals surface area contributed by atoms with Crippen LogP contribution in [0.25, 0.3) is 5.57 Å². The van der Waals surface area contributed by atoms with Gasteiger partial charge in [-0.1, -0.05) is 18.2 Å². The van der Waals surface area contributed by atoms with E-state index in [1.807, 2.05) is 41.3 Å². The molecular weight excluding hydrogens is 575 g/mol. The first kappa shape index (κ1) is 28.3. The SMILES string of the molecule is O=C(NCC1CC1)C1=CN2C3=C(C=C4CC(=C3)Oc3ccccc34)OC3CC2C(=CC(F)=C3NCCCN2CCOCC2)C1=O. The molecule has 2 unspecified atom stereocenters. The zero-order valence-corrected chi connectivity index (χ0v) is 25.1. The summed E-state index contributed by atoms with van der Waals surface area (Å²) in [5.41, 5.74) is 3.27. The van der Waals surface area contributed by atoms with Gasteiger partial charge in [-0.3, -0.25) is 14.5 Å². The fourth-order valence-electron chi connectivity index (χ4n) is 6.94. The molecule has 2 fully saturated rings. The molecule has 1 aromatic rings. The van der Waals surface area contributed by atoms with Crippen molar-refractivity contribution in [3.05, 3.63) is 94.1 Å². The second-order valence-electron chi connectivity index (χ2n) is 12.7. The molecule has 4 bridgehead atoms. The standard InChI is InChI=1S/C35H37FN4O5/c36-27-17-25-28-18-32(33(27)37-8-3-9-39-10-12-43-13-11-39)45-31-15-22-14-23(44-30-5-2-1-4-24(22)30)16-29(31)40(28)20-26(34(25)41)35(42)38-19-21-6-7-21/h1-2,4-5,15-17,20-21,28,32,37H,3,6-14,18-19H2,(H,38,42). The maximum atomic E-state index is 16.2. The number of morpholine rings is 1. The number of ether oxygens (including phenoxy) is 3. The fourth-order valence-corrected chi connectivity index (χ4v) is 6.94. The van der Waals surface area contributed by atoms with Gasteiger partial charge in [0.05, 0.1) is 30.6 Å². The quantitative estimate of drug-likeness (QED) is 0.338. The number of nitrogens with zero attached hydrogens (tertiary/aromatic N) is 2. The van der Waals surface area contributed by atoms with Crippen molar-refractivity contribution in [2.24, 2.45) is 5.92 Å². The van der Waals surface area contributed by atoms with Gasteiger partial charge < -0.3 is 29.7 Å². The van der Waals surface area contributed by atoms with Crippen LogP contribution in [-0.4, -0.2) is 79.6 Å². The van der Waals surface area contributed by atoms with Gasteiger partial charge in [-0.2, -0.15) is 0 Å². The predicted octanol–water partition coefficient (Wildman–Crippen LogP) is 3.85. The van der Waals surface area contributed by atoms with E-state index in [0.29, 0.717) is 49.0 Å². The van der Waals surface area contributed by atoms with Crippen LogP contribution < -0.4 is 15.4 Å². The topological polar surface area (TPSA) is 92.4 Å². The van der Waals surface area contributed by atoms with E-state index >= 15 is 4.39 Å². The van der Waals surface area contributed by atoms with Gasteiger partial charge in [0.15, 0.2) is 5.78 Å². The van der Waals surface area contributed by atoms with E-state index < -0.39 is 29.7 Å². The normalized spacial score (nSPS) is 25.6. The predicted molar refractivity (Wildman–Crippen MR) is 165 cm³/mol. The van der Waals surface area contributed by atoms with Crippen molar-refractivity contribution in [3.8, 4) is 5.75 Å². The lowest BCUT2D eigenvalue weighted by Gasteiger charge is -2.35. The zero-order valence-electron chi connectivity index (χ0n) is 25.1. The van der Waals surface area contributed by atoms with E-state index in [0.717, 1.165) is 74.8 Å². The number of halogens is 1. The van der Waals surface area contributed by atoms with Crippen molar-refractivity contribution in [2.75, 3.05) is 45.9 Å². The van der Waals surface area contributed by atoms with E-state index in [1.54, 1.807) is 6.20 Å². The minimum Gasteiger partial charge on any atom is -0.482 e. The molecular formula is C35H37FN4O5. The van der Waals surface area contributed by atoms with Crippen molar-refractivity contribution in [1.29, 1.82) is 0 Å².